The number of hydrogen-bond acceptors (Lipinski definition) is 3. The van der Waals surface area contributed by atoms with Crippen LogP contribution in [0.4, 0.5) is 5.69 Å². The number of benzene rings is 1. The summed E-state index contributed by atoms with van der Waals surface area (Å²) in [4.78, 5) is 4.64. The first-order chi connectivity index (χ1) is 10.8. The van der Waals surface area contributed by atoms with Crippen LogP contribution in [-0.4, -0.2) is 19.0 Å². The molecule has 0 spiro atoms. The highest BCUT2D eigenvalue weighted by Crippen LogP contribution is 2.17. The standard InChI is InChI=1S/C18H24N2O2/c1-3-5-6-13-19-18(17-8-7-14-22-17)20-15-9-11-16(12-10-15)21-4-2/h7-12,14H,3-6,13H2,1-2H3,(H,19,20). The topological polar surface area (TPSA) is 46.8 Å². The van der Waals surface area contributed by atoms with E-state index < -0.39 is 0 Å². The minimum absolute atomic E-state index is 0.670. The second kappa shape index (κ2) is 8.93. The number of nitrogens with zero attached hydrogens (tertiary/aromatic N) is 1. The van der Waals surface area contributed by atoms with Gasteiger partial charge in [-0.2, -0.15) is 0 Å². The van der Waals surface area contributed by atoms with Crippen LogP contribution in [0.2, 0.25) is 0 Å². The van der Waals surface area contributed by atoms with E-state index in [1.165, 1.54) is 12.8 Å². The molecule has 0 atom stereocenters. The molecule has 0 fully saturated rings. The average Bonchev–Trinajstić information content (AvgIpc) is 3.07. The van der Waals surface area contributed by atoms with Crippen LogP contribution in [0.25, 0.3) is 0 Å². The number of amidine groups is 1. The van der Waals surface area contributed by atoms with Crippen molar-refractivity contribution in [1.82, 2.24) is 0 Å². The van der Waals surface area contributed by atoms with Gasteiger partial charge in [0, 0.05) is 12.2 Å². The van der Waals surface area contributed by atoms with E-state index in [9.17, 15) is 0 Å². The first-order valence-electron chi connectivity index (χ1n) is 7.91. The predicted octanol–water partition coefficient (Wildman–Crippen LogP) is 4.73. The smallest absolute Gasteiger partial charge is 0.169 e. The van der Waals surface area contributed by atoms with Gasteiger partial charge in [-0.15, -0.1) is 0 Å². The van der Waals surface area contributed by atoms with Gasteiger partial charge in [0.25, 0.3) is 0 Å². The maximum atomic E-state index is 5.47. The quantitative estimate of drug-likeness (QED) is 0.435. The molecule has 2 aromatic rings. The number of furan rings is 1. The summed E-state index contributed by atoms with van der Waals surface area (Å²) in [6.07, 6.45) is 5.14. The Kier molecular flexibility index (Phi) is 6.55. The zero-order valence-corrected chi connectivity index (χ0v) is 13.3. The lowest BCUT2D eigenvalue weighted by molar-refractivity contribution is 0.340. The van der Waals surface area contributed by atoms with Crippen molar-refractivity contribution in [1.29, 1.82) is 0 Å². The Hall–Kier alpha value is -2.23. The average molecular weight is 300 g/mol. The molecular formula is C18H24N2O2. The van der Waals surface area contributed by atoms with Crippen LogP contribution >= 0.6 is 0 Å². The molecule has 22 heavy (non-hydrogen) atoms. The number of ether oxygens (including phenoxy) is 1. The molecule has 1 aromatic heterocycles. The summed E-state index contributed by atoms with van der Waals surface area (Å²) < 4.78 is 10.9. The largest absolute Gasteiger partial charge is 0.494 e. The monoisotopic (exact) mass is 300 g/mol. The van der Waals surface area contributed by atoms with Gasteiger partial charge in [0.05, 0.1) is 12.9 Å². The van der Waals surface area contributed by atoms with Crippen molar-refractivity contribution >= 4 is 11.5 Å². The highest BCUT2D eigenvalue weighted by atomic mass is 16.5. The van der Waals surface area contributed by atoms with Gasteiger partial charge in [-0.3, -0.25) is 4.99 Å². The first-order valence-corrected chi connectivity index (χ1v) is 7.91. The Morgan fingerprint density at radius 1 is 1.14 bits per heavy atom. The Balaban J connectivity index is 2.05. The lowest BCUT2D eigenvalue weighted by atomic mass is 10.2. The van der Waals surface area contributed by atoms with Gasteiger partial charge in [-0.1, -0.05) is 19.8 Å². The molecule has 1 heterocycles. The van der Waals surface area contributed by atoms with Crippen molar-refractivity contribution < 1.29 is 9.15 Å². The molecule has 0 aliphatic heterocycles. The first kappa shape index (κ1) is 16.1. The maximum absolute atomic E-state index is 5.47. The summed E-state index contributed by atoms with van der Waals surface area (Å²) in [5.41, 5.74) is 0.967. The van der Waals surface area contributed by atoms with E-state index in [2.05, 4.69) is 17.2 Å². The van der Waals surface area contributed by atoms with Gasteiger partial charge in [-0.25, -0.2) is 0 Å². The molecule has 1 aromatic carbocycles. The molecule has 118 valence electrons. The number of hydrogen-bond donors (Lipinski definition) is 1. The third-order valence-corrected chi connectivity index (χ3v) is 3.21. The van der Waals surface area contributed by atoms with E-state index in [-0.39, 0.29) is 0 Å². The van der Waals surface area contributed by atoms with Gasteiger partial charge >= 0.3 is 0 Å². The molecule has 0 aliphatic carbocycles. The van der Waals surface area contributed by atoms with Crippen LogP contribution in [0.5, 0.6) is 5.75 Å². The Bertz CT molecular complexity index is 559. The van der Waals surface area contributed by atoms with Crippen LogP contribution in [0.1, 0.15) is 38.9 Å². The fourth-order valence-electron chi connectivity index (χ4n) is 2.08. The minimum Gasteiger partial charge on any atom is -0.494 e. The Morgan fingerprint density at radius 3 is 2.59 bits per heavy atom. The number of nitrogens with one attached hydrogen (secondary N) is 1. The fourth-order valence-corrected chi connectivity index (χ4v) is 2.08. The van der Waals surface area contributed by atoms with Crippen LogP contribution < -0.4 is 10.1 Å². The second-order valence-corrected chi connectivity index (χ2v) is 5.00. The van der Waals surface area contributed by atoms with Gasteiger partial charge in [-0.05, 0) is 49.7 Å². The van der Waals surface area contributed by atoms with E-state index in [1.54, 1.807) is 6.26 Å². The Morgan fingerprint density at radius 2 is 1.95 bits per heavy atom. The molecule has 0 unspecified atom stereocenters. The van der Waals surface area contributed by atoms with E-state index in [1.807, 2.05) is 43.3 Å². The maximum Gasteiger partial charge on any atom is 0.169 e. The Labute approximate surface area is 132 Å². The van der Waals surface area contributed by atoms with Crippen molar-refractivity contribution in [2.75, 3.05) is 18.5 Å². The van der Waals surface area contributed by atoms with Crippen molar-refractivity contribution in [3.63, 3.8) is 0 Å². The van der Waals surface area contributed by atoms with Crippen molar-refractivity contribution in [3.8, 4) is 5.75 Å². The third kappa shape index (κ3) is 4.95. The zero-order valence-electron chi connectivity index (χ0n) is 13.3. The predicted molar refractivity (Wildman–Crippen MR) is 90.9 cm³/mol. The molecule has 0 radical (unpaired) electrons. The summed E-state index contributed by atoms with van der Waals surface area (Å²) in [5.74, 6) is 2.39. The lowest BCUT2D eigenvalue weighted by Gasteiger charge is -2.09. The summed E-state index contributed by atoms with van der Waals surface area (Å²) in [5, 5.41) is 3.33. The minimum atomic E-state index is 0.670. The van der Waals surface area contributed by atoms with Gasteiger partial charge in [0.1, 0.15) is 5.75 Å². The molecule has 4 heteroatoms. The van der Waals surface area contributed by atoms with Crippen molar-refractivity contribution in [2.45, 2.75) is 33.1 Å². The van der Waals surface area contributed by atoms with Crippen molar-refractivity contribution in [3.05, 3.63) is 48.4 Å². The number of unbranched alkanes of at least 4 members (excludes halogenated alkanes) is 2. The fraction of sp³-hybridized carbons (Fsp3) is 0.389. The molecule has 4 nitrogen and oxygen atoms in total. The SMILES string of the molecule is CCCCCN=C(Nc1ccc(OCC)cc1)c1ccco1. The van der Waals surface area contributed by atoms with E-state index >= 15 is 0 Å². The molecule has 1 N–H and O–H groups in total. The molecular weight excluding hydrogens is 276 g/mol. The van der Waals surface area contributed by atoms with Crippen LogP contribution in [0.15, 0.2) is 52.1 Å². The van der Waals surface area contributed by atoms with E-state index in [4.69, 9.17) is 9.15 Å². The molecule has 0 saturated heterocycles. The number of aliphatic imine (C=N–C) groups is 1. The molecule has 0 bridgehead atoms. The molecule has 2 rings (SSSR count). The summed E-state index contributed by atoms with van der Waals surface area (Å²) in [6, 6.07) is 11.6. The molecule has 0 saturated carbocycles. The lowest BCUT2D eigenvalue weighted by Crippen LogP contribution is -2.13. The van der Waals surface area contributed by atoms with E-state index in [0.717, 1.165) is 36.0 Å². The number of anilines is 1. The zero-order chi connectivity index (χ0) is 15.6. The molecule has 0 aliphatic rings. The summed E-state index contributed by atoms with van der Waals surface area (Å²) >= 11 is 0. The third-order valence-electron chi connectivity index (χ3n) is 3.21. The van der Waals surface area contributed by atoms with Gasteiger partial charge in [0.2, 0.25) is 0 Å². The number of rotatable bonds is 8. The molecule has 0 amide bonds. The highest BCUT2D eigenvalue weighted by Gasteiger charge is 2.07. The van der Waals surface area contributed by atoms with Crippen LogP contribution in [0, 0.1) is 0 Å². The van der Waals surface area contributed by atoms with Crippen LogP contribution in [0.3, 0.4) is 0 Å². The summed E-state index contributed by atoms with van der Waals surface area (Å²) in [7, 11) is 0. The summed E-state index contributed by atoms with van der Waals surface area (Å²) in [6.45, 7) is 5.64. The van der Waals surface area contributed by atoms with Crippen LogP contribution in [-0.2, 0) is 0 Å². The highest BCUT2D eigenvalue weighted by molar-refractivity contribution is 6.06. The van der Waals surface area contributed by atoms with Crippen molar-refractivity contribution in [2.24, 2.45) is 4.99 Å². The normalized spacial score (nSPS) is 11.5. The second-order valence-electron chi connectivity index (χ2n) is 5.00. The van der Waals surface area contributed by atoms with E-state index in [0.29, 0.717) is 6.61 Å². The van der Waals surface area contributed by atoms with Gasteiger partial charge < -0.3 is 14.5 Å². The van der Waals surface area contributed by atoms with Gasteiger partial charge in [0.15, 0.2) is 11.6 Å².